The van der Waals surface area contributed by atoms with Gasteiger partial charge in [-0.15, -0.1) is 0 Å². The molecule has 3 N–H and O–H groups in total. The molecule has 1 aromatic heterocycles. The van der Waals surface area contributed by atoms with Crippen LogP contribution in [-0.2, 0) is 0 Å². The number of rotatable bonds is 3. The number of amides is 1. The summed E-state index contributed by atoms with van der Waals surface area (Å²) in [7, 11) is 0. The smallest absolute Gasteiger partial charge is 0.272 e. The van der Waals surface area contributed by atoms with Gasteiger partial charge in [-0.2, -0.15) is 0 Å². The third-order valence-electron chi connectivity index (χ3n) is 3.22. The molecule has 4 nitrogen and oxygen atoms in total. The second-order valence-corrected chi connectivity index (χ2v) is 5.31. The van der Waals surface area contributed by atoms with Crippen molar-refractivity contribution in [3.63, 3.8) is 0 Å². The summed E-state index contributed by atoms with van der Waals surface area (Å²) in [6.07, 6.45) is 3.80. The number of hydrogen-bond acceptors (Lipinski definition) is 2. The predicted octanol–water partition coefficient (Wildman–Crippen LogP) is 3.45. The minimum Gasteiger partial charge on any atom is -0.397 e. The van der Waals surface area contributed by atoms with Crippen molar-refractivity contribution >= 4 is 28.9 Å². The fourth-order valence-electron chi connectivity index (χ4n) is 2.11. The van der Waals surface area contributed by atoms with Gasteiger partial charge in [0.25, 0.3) is 5.91 Å². The van der Waals surface area contributed by atoms with Crippen molar-refractivity contribution < 1.29 is 9.18 Å². The molecule has 1 aliphatic carbocycles. The van der Waals surface area contributed by atoms with Crippen LogP contribution in [0.1, 0.15) is 29.4 Å². The molecule has 1 heterocycles. The van der Waals surface area contributed by atoms with Crippen molar-refractivity contribution in [3.05, 3.63) is 47.0 Å². The molecule has 0 unspecified atom stereocenters. The Morgan fingerprint density at radius 1 is 1.40 bits per heavy atom. The maximum Gasteiger partial charge on any atom is 0.272 e. The molecule has 0 spiro atoms. The fourth-order valence-corrected chi connectivity index (χ4v) is 2.27. The molecule has 0 bridgehead atoms. The van der Waals surface area contributed by atoms with Crippen LogP contribution in [0.5, 0.6) is 0 Å². The number of benzene rings is 1. The Hall–Kier alpha value is -2.01. The summed E-state index contributed by atoms with van der Waals surface area (Å²) in [4.78, 5) is 12.2. The summed E-state index contributed by atoms with van der Waals surface area (Å²) in [5.41, 5.74) is 6.80. The Kier molecular flexibility index (Phi) is 3.14. The zero-order valence-corrected chi connectivity index (χ0v) is 11.3. The standard InChI is InChI=1S/C14H13ClFN3O/c15-8-1-4-12(11(16)5-8)18-14(20)13-6-9(17)7-19(13)10-2-3-10/h1,4-7,10H,2-3,17H2,(H,18,20). The van der Waals surface area contributed by atoms with E-state index in [1.807, 2.05) is 4.57 Å². The molecule has 0 aliphatic heterocycles. The Morgan fingerprint density at radius 3 is 2.80 bits per heavy atom. The largest absolute Gasteiger partial charge is 0.397 e. The lowest BCUT2D eigenvalue weighted by molar-refractivity contribution is 0.101. The van der Waals surface area contributed by atoms with Crippen molar-refractivity contribution in [1.29, 1.82) is 0 Å². The Balaban J connectivity index is 1.86. The molecule has 1 fully saturated rings. The summed E-state index contributed by atoms with van der Waals surface area (Å²) < 4.78 is 15.5. The highest BCUT2D eigenvalue weighted by Crippen LogP contribution is 2.37. The highest BCUT2D eigenvalue weighted by Gasteiger charge is 2.27. The molecule has 104 valence electrons. The first-order valence-electron chi connectivity index (χ1n) is 6.28. The maximum atomic E-state index is 13.7. The molecule has 20 heavy (non-hydrogen) atoms. The third-order valence-corrected chi connectivity index (χ3v) is 3.46. The van der Waals surface area contributed by atoms with Crippen LogP contribution in [0, 0.1) is 5.82 Å². The quantitative estimate of drug-likeness (QED) is 0.910. The van der Waals surface area contributed by atoms with Crippen LogP contribution < -0.4 is 11.1 Å². The van der Waals surface area contributed by atoms with Crippen LogP contribution in [-0.4, -0.2) is 10.5 Å². The zero-order valence-electron chi connectivity index (χ0n) is 10.6. The zero-order chi connectivity index (χ0) is 14.3. The van der Waals surface area contributed by atoms with E-state index in [4.69, 9.17) is 17.3 Å². The lowest BCUT2D eigenvalue weighted by Gasteiger charge is -2.09. The Labute approximate surface area is 120 Å². The monoisotopic (exact) mass is 293 g/mol. The van der Waals surface area contributed by atoms with Gasteiger partial charge in [-0.25, -0.2) is 4.39 Å². The summed E-state index contributed by atoms with van der Waals surface area (Å²) in [6, 6.07) is 6.04. The molecule has 0 saturated heterocycles. The molecule has 1 aromatic carbocycles. The highest BCUT2D eigenvalue weighted by molar-refractivity contribution is 6.30. The average molecular weight is 294 g/mol. The molecule has 1 saturated carbocycles. The highest BCUT2D eigenvalue weighted by atomic mass is 35.5. The average Bonchev–Trinajstić information content (AvgIpc) is 3.16. The number of nitrogens with two attached hydrogens (primary N) is 1. The van der Waals surface area contributed by atoms with Gasteiger partial charge in [-0.05, 0) is 37.1 Å². The number of carbonyl (C=O) groups is 1. The minimum atomic E-state index is -0.566. The third kappa shape index (κ3) is 2.49. The van der Waals surface area contributed by atoms with Crippen LogP contribution in [0.3, 0.4) is 0 Å². The summed E-state index contributed by atoms with van der Waals surface area (Å²) in [5, 5.41) is 2.82. The fraction of sp³-hybridized carbons (Fsp3) is 0.214. The molecular weight excluding hydrogens is 281 g/mol. The van der Waals surface area contributed by atoms with E-state index >= 15 is 0 Å². The predicted molar refractivity (Wildman–Crippen MR) is 76.5 cm³/mol. The van der Waals surface area contributed by atoms with Gasteiger partial charge in [0.05, 0.1) is 11.4 Å². The van der Waals surface area contributed by atoms with Gasteiger partial charge >= 0.3 is 0 Å². The van der Waals surface area contributed by atoms with Gasteiger partial charge < -0.3 is 15.6 Å². The number of nitrogen functional groups attached to an aromatic ring is 1. The van der Waals surface area contributed by atoms with E-state index in [0.717, 1.165) is 18.9 Å². The van der Waals surface area contributed by atoms with E-state index in [9.17, 15) is 9.18 Å². The van der Waals surface area contributed by atoms with Crippen LogP contribution in [0.4, 0.5) is 15.8 Å². The van der Waals surface area contributed by atoms with E-state index < -0.39 is 5.82 Å². The van der Waals surface area contributed by atoms with Crippen LogP contribution in [0.2, 0.25) is 5.02 Å². The summed E-state index contributed by atoms with van der Waals surface area (Å²) in [6.45, 7) is 0. The lowest BCUT2D eigenvalue weighted by Crippen LogP contribution is -2.17. The molecule has 2 aromatic rings. The number of nitrogens with zero attached hydrogens (tertiary/aromatic N) is 1. The molecule has 1 amide bonds. The van der Waals surface area contributed by atoms with Gasteiger partial charge in [0.2, 0.25) is 0 Å². The molecule has 1 aliphatic rings. The van der Waals surface area contributed by atoms with Crippen molar-refractivity contribution in [1.82, 2.24) is 4.57 Å². The van der Waals surface area contributed by atoms with Crippen molar-refractivity contribution in [3.8, 4) is 0 Å². The normalized spacial score (nSPS) is 14.3. The van der Waals surface area contributed by atoms with E-state index in [-0.39, 0.29) is 16.6 Å². The minimum absolute atomic E-state index is 0.0986. The first kappa shape index (κ1) is 13.0. The van der Waals surface area contributed by atoms with Gasteiger partial charge in [0, 0.05) is 17.3 Å². The first-order valence-corrected chi connectivity index (χ1v) is 6.66. The first-order chi connectivity index (χ1) is 9.54. The van der Waals surface area contributed by atoms with Crippen LogP contribution >= 0.6 is 11.6 Å². The summed E-state index contributed by atoms with van der Waals surface area (Å²) in [5.74, 6) is -0.946. The maximum absolute atomic E-state index is 13.7. The Bertz CT molecular complexity index is 679. The van der Waals surface area contributed by atoms with E-state index in [1.54, 1.807) is 12.3 Å². The second kappa shape index (κ2) is 4.83. The van der Waals surface area contributed by atoms with Gasteiger partial charge in [-0.3, -0.25) is 4.79 Å². The lowest BCUT2D eigenvalue weighted by atomic mass is 10.3. The van der Waals surface area contributed by atoms with Crippen molar-refractivity contribution in [2.24, 2.45) is 0 Å². The number of anilines is 2. The number of aromatic nitrogens is 1. The van der Waals surface area contributed by atoms with Gasteiger partial charge in [-0.1, -0.05) is 11.6 Å². The number of hydrogen-bond donors (Lipinski definition) is 2. The van der Waals surface area contributed by atoms with Crippen LogP contribution in [0.15, 0.2) is 30.5 Å². The van der Waals surface area contributed by atoms with Crippen molar-refractivity contribution in [2.75, 3.05) is 11.1 Å². The number of halogens is 2. The Morgan fingerprint density at radius 2 is 2.15 bits per heavy atom. The van der Waals surface area contributed by atoms with Gasteiger partial charge in [0.1, 0.15) is 11.5 Å². The molecule has 3 rings (SSSR count). The molecule has 0 radical (unpaired) electrons. The van der Waals surface area contributed by atoms with Crippen LogP contribution in [0.25, 0.3) is 0 Å². The molecule has 0 atom stereocenters. The topological polar surface area (TPSA) is 60.1 Å². The second-order valence-electron chi connectivity index (χ2n) is 4.88. The number of carbonyl (C=O) groups excluding carboxylic acids is 1. The molecule has 6 heteroatoms. The van der Waals surface area contributed by atoms with E-state index in [0.29, 0.717) is 17.4 Å². The van der Waals surface area contributed by atoms with Crippen molar-refractivity contribution in [2.45, 2.75) is 18.9 Å². The van der Waals surface area contributed by atoms with E-state index in [2.05, 4.69) is 5.32 Å². The number of nitrogens with one attached hydrogen (secondary N) is 1. The van der Waals surface area contributed by atoms with E-state index in [1.165, 1.54) is 12.1 Å². The molecular formula is C14H13ClFN3O. The SMILES string of the molecule is Nc1cc(C(=O)Nc2ccc(Cl)cc2F)n(C2CC2)c1. The van der Waals surface area contributed by atoms with Gasteiger partial charge in [0.15, 0.2) is 0 Å². The summed E-state index contributed by atoms with van der Waals surface area (Å²) >= 11 is 5.68.